The summed E-state index contributed by atoms with van der Waals surface area (Å²) < 4.78 is 0. The normalized spacial score (nSPS) is 11.8. The molecule has 0 unspecified atom stereocenters. The lowest BCUT2D eigenvalue weighted by atomic mass is 10.2. The van der Waals surface area contributed by atoms with Crippen LogP contribution in [0.25, 0.3) is 0 Å². The molecule has 0 spiro atoms. The zero-order chi connectivity index (χ0) is 8.36. The molecule has 0 nitrogen and oxygen atoms in total. The van der Waals surface area contributed by atoms with Crippen LogP contribution in [0.3, 0.4) is 0 Å². The van der Waals surface area contributed by atoms with E-state index in [2.05, 4.69) is 32.1 Å². The standard InChI is InChI=1S/C11H19/c1-3-5-7-9-11-10-8-6-4-2/h3,5-6,8H,1,4,7,9-11H2,2H3/b5-3+,8-6+. The summed E-state index contributed by atoms with van der Waals surface area (Å²) >= 11 is 0. The van der Waals surface area contributed by atoms with Gasteiger partial charge in [-0.2, -0.15) is 0 Å². The van der Waals surface area contributed by atoms with Gasteiger partial charge in [-0.05, 0) is 39.0 Å². The molecule has 0 aromatic rings. The molecule has 0 aliphatic carbocycles. The van der Waals surface area contributed by atoms with Crippen molar-refractivity contribution in [1.29, 1.82) is 0 Å². The van der Waals surface area contributed by atoms with E-state index in [1.165, 1.54) is 32.1 Å². The molecule has 0 amide bonds. The van der Waals surface area contributed by atoms with Gasteiger partial charge in [0, 0.05) is 0 Å². The highest BCUT2D eigenvalue weighted by molar-refractivity contribution is 4.84. The minimum atomic E-state index is 1.17. The Morgan fingerprint density at radius 2 is 1.64 bits per heavy atom. The van der Waals surface area contributed by atoms with Crippen LogP contribution in [0.5, 0.6) is 0 Å². The molecule has 0 bridgehead atoms. The molecule has 0 saturated heterocycles. The maximum absolute atomic E-state index is 3.64. The molecule has 0 aliphatic heterocycles. The van der Waals surface area contributed by atoms with Crippen molar-refractivity contribution in [3.05, 3.63) is 31.2 Å². The highest BCUT2D eigenvalue weighted by atomic mass is 13.9. The highest BCUT2D eigenvalue weighted by Gasteiger charge is 1.81. The fourth-order valence-electron chi connectivity index (χ4n) is 0.927. The summed E-state index contributed by atoms with van der Waals surface area (Å²) in [5, 5.41) is 0. The molecule has 0 saturated carbocycles. The lowest BCUT2D eigenvalue weighted by Gasteiger charge is -1.91. The minimum absolute atomic E-state index is 1.17. The van der Waals surface area contributed by atoms with Crippen molar-refractivity contribution in [3.8, 4) is 0 Å². The van der Waals surface area contributed by atoms with Gasteiger partial charge in [-0.1, -0.05) is 31.2 Å². The summed E-state index contributed by atoms with van der Waals surface area (Å²) in [6.07, 6.45) is 14.7. The third-order valence-corrected chi connectivity index (χ3v) is 1.56. The van der Waals surface area contributed by atoms with Gasteiger partial charge < -0.3 is 0 Å². The Morgan fingerprint density at radius 3 is 2.18 bits per heavy atom. The largest absolute Gasteiger partial charge is 0.0888 e. The minimum Gasteiger partial charge on any atom is -0.0888 e. The van der Waals surface area contributed by atoms with Crippen molar-refractivity contribution in [3.63, 3.8) is 0 Å². The smallest absolute Gasteiger partial charge is 0.0316 e. The van der Waals surface area contributed by atoms with E-state index in [0.29, 0.717) is 0 Å². The lowest BCUT2D eigenvalue weighted by Crippen LogP contribution is -1.71. The van der Waals surface area contributed by atoms with Gasteiger partial charge in [0.1, 0.15) is 0 Å². The van der Waals surface area contributed by atoms with Gasteiger partial charge in [0.25, 0.3) is 0 Å². The Labute approximate surface area is 71.0 Å². The molecule has 0 rings (SSSR count). The maximum Gasteiger partial charge on any atom is -0.0316 e. The Kier molecular flexibility index (Phi) is 9.03. The number of hydrogen-bond acceptors (Lipinski definition) is 0. The third kappa shape index (κ3) is 9.48. The predicted molar refractivity (Wildman–Crippen MR) is 52.4 cm³/mol. The Bertz CT molecular complexity index is 109. The molecule has 0 aromatic heterocycles. The average Bonchev–Trinajstić information content (AvgIpc) is 2.03. The molecule has 0 N–H and O–H groups in total. The van der Waals surface area contributed by atoms with E-state index in [-0.39, 0.29) is 0 Å². The molecule has 1 radical (unpaired) electrons. The van der Waals surface area contributed by atoms with E-state index in [9.17, 15) is 0 Å². The van der Waals surface area contributed by atoms with Gasteiger partial charge in [0.05, 0.1) is 0 Å². The van der Waals surface area contributed by atoms with E-state index in [1.807, 2.05) is 6.08 Å². The predicted octanol–water partition coefficient (Wildman–Crippen LogP) is 3.90. The monoisotopic (exact) mass is 151 g/mol. The summed E-state index contributed by atoms with van der Waals surface area (Å²) in [7, 11) is 0. The van der Waals surface area contributed by atoms with Gasteiger partial charge in [0.2, 0.25) is 0 Å². The van der Waals surface area contributed by atoms with E-state index in [0.717, 1.165) is 0 Å². The van der Waals surface area contributed by atoms with Crippen LogP contribution in [0.15, 0.2) is 24.3 Å². The number of allylic oxidation sites excluding steroid dienone is 4. The second-order valence-corrected chi connectivity index (χ2v) is 2.64. The van der Waals surface area contributed by atoms with Gasteiger partial charge >= 0.3 is 0 Å². The van der Waals surface area contributed by atoms with Gasteiger partial charge in [-0.3, -0.25) is 0 Å². The molecule has 63 valence electrons. The molecule has 11 heavy (non-hydrogen) atoms. The Morgan fingerprint density at radius 1 is 1.00 bits per heavy atom. The summed E-state index contributed by atoms with van der Waals surface area (Å²) in [4.78, 5) is 0. The molecule has 0 heteroatoms. The van der Waals surface area contributed by atoms with Crippen LogP contribution < -0.4 is 0 Å². The van der Waals surface area contributed by atoms with Crippen LogP contribution in [-0.4, -0.2) is 0 Å². The SMILES string of the molecule is [CH2]/C=C/CCCC/C=C/CC. The Hall–Kier alpha value is -0.520. The quantitative estimate of drug-likeness (QED) is 0.399. The van der Waals surface area contributed by atoms with Crippen molar-refractivity contribution in [2.75, 3.05) is 0 Å². The zero-order valence-electron chi connectivity index (χ0n) is 7.55. The van der Waals surface area contributed by atoms with Crippen LogP contribution in [0.4, 0.5) is 0 Å². The highest BCUT2D eigenvalue weighted by Crippen LogP contribution is 2.01. The number of rotatable bonds is 6. The van der Waals surface area contributed by atoms with Crippen LogP contribution >= 0.6 is 0 Å². The first-order valence-electron chi connectivity index (χ1n) is 4.51. The number of hydrogen-bond donors (Lipinski definition) is 0. The molecular formula is C11H19. The maximum atomic E-state index is 3.64. The van der Waals surface area contributed by atoms with E-state index < -0.39 is 0 Å². The van der Waals surface area contributed by atoms with Gasteiger partial charge in [-0.15, -0.1) is 0 Å². The lowest BCUT2D eigenvalue weighted by molar-refractivity contribution is 0.761. The van der Waals surface area contributed by atoms with Crippen LogP contribution in [0, 0.1) is 6.92 Å². The molecule has 0 aliphatic rings. The van der Waals surface area contributed by atoms with Crippen LogP contribution in [-0.2, 0) is 0 Å². The van der Waals surface area contributed by atoms with Crippen LogP contribution in [0.2, 0.25) is 0 Å². The van der Waals surface area contributed by atoms with Crippen molar-refractivity contribution in [2.45, 2.75) is 39.0 Å². The number of unbranched alkanes of at least 4 members (excludes halogenated alkanes) is 3. The van der Waals surface area contributed by atoms with E-state index in [4.69, 9.17) is 0 Å². The molecule has 0 heterocycles. The topological polar surface area (TPSA) is 0 Å². The molecular weight excluding hydrogens is 132 g/mol. The summed E-state index contributed by atoms with van der Waals surface area (Å²) in [6, 6.07) is 0. The fraction of sp³-hybridized carbons (Fsp3) is 0.545. The second-order valence-electron chi connectivity index (χ2n) is 2.64. The van der Waals surface area contributed by atoms with Crippen LogP contribution in [0.1, 0.15) is 39.0 Å². The molecule has 0 fully saturated rings. The van der Waals surface area contributed by atoms with E-state index >= 15 is 0 Å². The first kappa shape index (κ1) is 10.5. The Balaban J connectivity index is 2.96. The van der Waals surface area contributed by atoms with Gasteiger partial charge in [0.15, 0.2) is 0 Å². The van der Waals surface area contributed by atoms with Crippen molar-refractivity contribution >= 4 is 0 Å². The van der Waals surface area contributed by atoms with Crippen molar-refractivity contribution in [2.24, 2.45) is 0 Å². The molecule has 0 atom stereocenters. The van der Waals surface area contributed by atoms with Crippen molar-refractivity contribution < 1.29 is 0 Å². The van der Waals surface area contributed by atoms with E-state index in [1.54, 1.807) is 0 Å². The zero-order valence-corrected chi connectivity index (χ0v) is 7.55. The summed E-state index contributed by atoms with van der Waals surface area (Å²) in [5.41, 5.74) is 0. The third-order valence-electron chi connectivity index (χ3n) is 1.56. The van der Waals surface area contributed by atoms with Crippen molar-refractivity contribution in [1.82, 2.24) is 0 Å². The average molecular weight is 151 g/mol. The van der Waals surface area contributed by atoms with Gasteiger partial charge in [-0.25, -0.2) is 0 Å². The summed E-state index contributed by atoms with van der Waals surface area (Å²) in [5.74, 6) is 0. The first-order chi connectivity index (χ1) is 5.41. The first-order valence-corrected chi connectivity index (χ1v) is 4.51. The second kappa shape index (κ2) is 9.48. The molecule has 0 aromatic carbocycles. The summed E-state index contributed by atoms with van der Waals surface area (Å²) in [6.45, 7) is 5.81. The fourth-order valence-corrected chi connectivity index (χ4v) is 0.927.